The molecule has 0 radical (unpaired) electrons. The highest BCUT2D eigenvalue weighted by atomic mass is 16.7. The van der Waals surface area contributed by atoms with Gasteiger partial charge in [-0.3, -0.25) is 0 Å². The lowest BCUT2D eigenvalue weighted by Crippen LogP contribution is -2.45. The van der Waals surface area contributed by atoms with E-state index in [1.807, 2.05) is 12.1 Å². The molecule has 196 valence electrons. The van der Waals surface area contributed by atoms with Gasteiger partial charge in [0.05, 0.1) is 6.61 Å². The molecule has 2 saturated carbocycles. The molecule has 1 aromatic rings. The Balaban J connectivity index is 1.16. The molecule has 1 aromatic carbocycles. The van der Waals surface area contributed by atoms with Crippen LogP contribution in [0.25, 0.3) is 0 Å². The van der Waals surface area contributed by atoms with E-state index >= 15 is 0 Å². The number of aryl methyl sites for hydroxylation is 1. The van der Waals surface area contributed by atoms with Crippen molar-refractivity contribution in [3.8, 4) is 5.75 Å². The van der Waals surface area contributed by atoms with Crippen LogP contribution in [0.4, 0.5) is 4.79 Å². The second kappa shape index (κ2) is 12.5. The summed E-state index contributed by atoms with van der Waals surface area (Å²) in [5.74, 6) is 2.22. The first-order valence-corrected chi connectivity index (χ1v) is 14.7. The molecular weight excluding hydrogens is 436 g/mol. The number of carbonyl (C=O) groups is 1. The minimum Gasteiger partial charge on any atom is -0.508 e. The van der Waals surface area contributed by atoms with Crippen molar-refractivity contribution in [3.05, 3.63) is 29.3 Å². The van der Waals surface area contributed by atoms with Gasteiger partial charge in [0, 0.05) is 5.41 Å². The third-order valence-electron chi connectivity index (χ3n) is 9.58. The molecule has 2 fully saturated rings. The molecule has 0 amide bonds. The van der Waals surface area contributed by atoms with E-state index in [2.05, 4.69) is 19.9 Å². The Labute approximate surface area is 213 Å². The molecule has 0 heterocycles. The third-order valence-corrected chi connectivity index (χ3v) is 9.58. The molecule has 3 aliphatic rings. The normalized spacial score (nSPS) is 29.2. The summed E-state index contributed by atoms with van der Waals surface area (Å²) in [6, 6.07) is 5.96. The Morgan fingerprint density at radius 2 is 1.69 bits per heavy atom. The number of hydrogen-bond acceptors (Lipinski definition) is 4. The van der Waals surface area contributed by atoms with E-state index in [0.29, 0.717) is 30.1 Å². The van der Waals surface area contributed by atoms with Crippen molar-refractivity contribution in [2.45, 2.75) is 129 Å². The molecule has 0 saturated heterocycles. The number of aromatic hydroxyl groups is 1. The Kier molecular flexibility index (Phi) is 9.41. The van der Waals surface area contributed by atoms with Gasteiger partial charge in [-0.05, 0) is 86.0 Å². The lowest BCUT2D eigenvalue weighted by molar-refractivity contribution is -0.0546. The number of hydrogen-bond donors (Lipinski definition) is 1. The van der Waals surface area contributed by atoms with Gasteiger partial charge in [0.1, 0.15) is 11.9 Å². The molecule has 0 aliphatic heterocycles. The molecule has 5 atom stereocenters. The maximum atomic E-state index is 12.5. The Morgan fingerprint density at radius 3 is 2.43 bits per heavy atom. The second-order valence-electron chi connectivity index (χ2n) is 11.8. The molecule has 4 heteroatoms. The van der Waals surface area contributed by atoms with Gasteiger partial charge in [0.25, 0.3) is 0 Å². The van der Waals surface area contributed by atoms with Gasteiger partial charge >= 0.3 is 6.16 Å². The van der Waals surface area contributed by atoms with Crippen molar-refractivity contribution in [1.29, 1.82) is 0 Å². The van der Waals surface area contributed by atoms with Crippen molar-refractivity contribution < 1.29 is 19.4 Å². The zero-order chi connectivity index (χ0) is 24.7. The monoisotopic (exact) mass is 484 g/mol. The first-order valence-electron chi connectivity index (χ1n) is 14.7. The fourth-order valence-corrected chi connectivity index (χ4v) is 7.61. The van der Waals surface area contributed by atoms with Gasteiger partial charge in [-0.25, -0.2) is 4.79 Å². The van der Waals surface area contributed by atoms with E-state index in [0.717, 1.165) is 44.9 Å². The number of phenolic OH excluding ortho intramolecular Hbond substituents is 1. The van der Waals surface area contributed by atoms with Crippen LogP contribution in [0, 0.1) is 17.3 Å². The van der Waals surface area contributed by atoms with Crippen LogP contribution in [0.1, 0.15) is 127 Å². The number of ether oxygens (including phenoxy) is 2. The number of rotatable bonds is 12. The van der Waals surface area contributed by atoms with E-state index < -0.39 is 6.16 Å². The van der Waals surface area contributed by atoms with Crippen LogP contribution < -0.4 is 0 Å². The standard InChI is InChI=1S/C31H48O4/c1-3-4-5-6-7-8-9-10-11-12-21-34-30(33)35-29-18-17-28-27-15-13-23-22-24(32)14-16-25(23)26(27)19-20-31(28,29)2/h14,16,22,26-29,32H,3-13,15,17-21H2,1-2H3. The molecule has 0 spiro atoms. The number of fused-ring (bicyclic) bond motifs is 5. The topological polar surface area (TPSA) is 55.8 Å². The molecule has 1 N–H and O–H groups in total. The molecule has 5 unspecified atom stereocenters. The Hall–Kier alpha value is -1.71. The average Bonchev–Trinajstić information content (AvgIpc) is 3.18. The Morgan fingerprint density at radius 1 is 0.971 bits per heavy atom. The van der Waals surface area contributed by atoms with E-state index in [1.54, 1.807) is 0 Å². The SMILES string of the molecule is CCCCCCCCCCCCOC(=O)OC1CCC2C3CCc4cc(O)ccc4C3CCC12C. The molecule has 4 rings (SSSR count). The summed E-state index contributed by atoms with van der Waals surface area (Å²) in [5.41, 5.74) is 2.84. The highest BCUT2D eigenvalue weighted by Gasteiger charge is 2.56. The number of phenols is 1. The fourth-order valence-electron chi connectivity index (χ4n) is 7.61. The van der Waals surface area contributed by atoms with E-state index in [-0.39, 0.29) is 11.5 Å². The van der Waals surface area contributed by atoms with Gasteiger partial charge in [-0.1, -0.05) is 77.7 Å². The van der Waals surface area contributed by atoms with Gasteiger partial charge in [-0.2, -0.15) is 0 Å². The van der Waals surface area contributed by atoms with Crippen LogP contribution >= 0.6 is 0 Å². The van der Waals surface area contributed by atoms with Gasteiger partial charge in [-0.15, -0.1) is 0 Å². The molecular formula is C31H48O4. The fraction of sp³-hybridized carbons (Fsp3) is 0.774. The van der Waals surface area contributed by atoms with Crippen molar-refractivity contribution in [3.63, 3.8) is 0 Å². The molecule has 3 aliphatic carbocycles. The minimum atomic E-state index is -0.459. The lowest BCUT2D eigenvalue weighted by Gasteiger charge is -2.50. The lowest BCUT2D eigenvalue weighted by atomic mass is 9.55. The van der Waals surface area contributed by atoms with Crippen molar-refractivity contribution in [2.75, 3.05) is 6.61 Å². The van der Waals surface area contributed by atoms with E-state index in [9.17, 15) is 9.90 Å². The predicted molar refractivity (Wildman–Crippen MR) is 141 cm³/mol. The van der Waals surface area contributed by atoms with Crippen LogP contribution in [-0.2, 0) is 15.9 Å². The summed E-state index contributed by atoms with van der Waals surface area (Å²) < 4.78 is 11.4. The van der Waals surface area contributed by atoms with Gasteiger partial charge in [0.15, 0.2) is 0 Å². The van der Waals surface area contributed by atoms with Crippen LogP contribution in [0.2, 0.25) is 0 Å². The summed E-state index contributed by atoms with van der Waals surface area (Å²) in [7, 11) is 0. The quantitative estimate of drug-likeness (QED) is 0.238. The van der Waals surface area contributed by atoms with E-state index in [1.165, 1.54) is 68.9 Å². The molecule has 35 heavy (non-hydrogen) atoms. The van der Waals surface area contributed by atoms with Gasteiger partial charge in [0.2, 0.25) is 0 Å². The minimum absolute atomic E-state index is 0.0186. The second-order valence-corrected chi connectivity index (χ2v) is 11.8. The maximum Gasteiger partial charge on any atom is 0.508 e. The number of benzene rings is 1. The summed E-state index contributed by atoms with van der Waals surface area (Å²) in [4.78, 5) is 12.5. The summed E-state index contributed by atoms with van der Waals surface area (Å²) in [6.07, 6.45) is 18.8. The van der Waals surface area contributed by atoms with Crippen molar-refractivity contribution in [1.82, 2.24) is 0 Å². The number of unbranched alkanes of at least 4 members (excludes halogenated alkanes) is 9. The zero-order valence-corrected chi connectivity index (χ0v) is 22.2. The van der Waals surface area contributed by atoms with Crippen LogP contribution in [-0.4, -0.2) is 24.0 Å². The molecule has 4 nitrogen and oxygen atoms in total. The van der Waals surface area contributed by atoms with Crippen molar-refractivity contribution >= 4 is 6.16 Å². The Bertz CT molecular complexity index is 820. The summed E-state index contributed by atoms with van der Waals surface area (Å²) in [5, 5.41) is 9.89. The molecule has 0 bridgehead atoms. The third kappa shape index (κ3) is 6.35. The average molecular weight is 485 g/mol. The predicted octanol–water partition coefficient (Wildman–Crippen LogP) is 8.69. The zero-order valence-electron chi connectivity index (χ0n) is 22.2. The largest absolute Gasteiger partial charge is 0.508 e. The van der Waals surface area contributed by atoms with Gasteiger partial charge < -0.3 is 14.6 Å². The maximum absolute atomic E-state index is 12.5. The first-order chi connectivity index (χ1) is 17.0. The van der Waals surface area contributed by atoms with Crippen LogP contribution in [0.5, 0.6) is 5.75 Å². The first kappa shape index (κ1) is 26.4. The van der Waals surface area contributed by atoms with E-state index in [4.69, 9.17) is 9.47 Å². The summed E-state index contributed by atoms with van der Waals surface area (Å²) >= 11 is 0. The summed E-state index contributed by atoms with van der Waals surface area (Å²) in [6.45, 7) is 5.10. The van der Waals surface area contributed by atoms with Crippen LogP contribution in [0.3, 0.4) is 0 Å². The number of carbonyl (C=O) groups excluding carboxylic acids is 1. The highest BCUT2D eigenvalue weighted by molar-refractivity contribution is 5.60. The molecule has 0 aromatic heterocycles. The highest BCUT2D eigenvalue weighted by Crippen LogP contribution is 2.61. The van der Waals surface area contributed by atoms with Crippen LogP contribution in [0.15, 0.2) is 18.2 Å². The smallest absolute Gasteiger partial charge is 0.508 e. The van der Waals surface area contributed by atoms with Crippen molar-refractivity contribution in [2.24, 2.45) is 17.3 Å².